The minimum atomic E-state index is -3.88. The third-order valence-corrected chi connectivity index (χ3v) is 15.5. The first kappa shape index (κ1) is 28.7. The summed E-state index contributed by atoms with van der Waals surface area (Å²) < 4.78 is 41.9. The van der Waals surface area contributed by atoms with Crippen LogP contribution in [0.4, 0.5) is 0 Å². The standard InChI is InChI=1S/C31H38N2O4SSi/c1-20(2)39(21(3)4,22(5)6)37-31-24(8)18-29(36-31)27-10-9-11-28-30(27)25(16-17-32)19-33(28)38(34,35)26-14-12-23(7)13-15-26/h9-15,18-22H,16H2,1-8H3. The molecule has 2 heterocycles. The minimum absolute atomic E-state index is 0.0665. The third-order valence-electron chi connectivity index (χ3n) is 7.84. The molecule has 0 unspecified atom stereocenters. The second kappa shape index (κ2) is 10.7. The molecule has 4 rings (SSSR count). The van der Waals surface area contributed by atoms with Gasteiger partial charge in [0.15, 0.2) is 0 Å². The maximum absolute atomic E-state index is 13.7. The molecule has 0 N–H and O–H groups in total. The van der Waals surface area contributed by atoms with E-state index >= 15 is 0 Å². The lowest BCUT2D eigenvalue weighted by Gasteiger charge is -2.41. The van der Waals surface area contributed by atoms with E-state index in [0.29, 0.717) is 44.8 Å². The van der Waals surface area contributed by atoms with Crippen LogP contribution in [0.2, 0.25) is 16.6 Å². The molecule has 206 valence electrons. The molecule has 2 aromatic heterocycles. The van der Waals surface area contributed by atoms with Crippen molar-refractivity contribution in [2.75, 3.05) is 0 Å². The number of fused-ring (bicyclic) bond motifs is 1. The van der Waals surface area contributed by atoms with Gasteiger partial charge in [0.05, 0.1) is 22.9 Å². The van der Waals surface area contributed by atoms with Gasteiger partial charge in [-0.3, -0.25) is 0 Å². The first-order valence-corrected chi connectivity index (χ1v) is 17.0. The van der Waals surface area contributed by atoms with E-state index in [1.54, 1.807) is 36.5 Å². The predicted octanol–water partition coefficient (Wildman–Crippen LogP) is 8.38. The molecule has 0 aliphatic carbocycles. The molecule has 0 saturated heterocycles. The van der Waals surface area contributed by atoms with E-state index in [4.69, 9.17) is 8.84 Å². The number of hydrogen-bond acceptors (Lipinski definition) is 5. The molecule has 0 bridgehead atoms. The Morgan fingerprint density at radius 3 is 2.15 bits per heavy atom. The van der Waals surface area contributed by atoms with Crippen LogP contribution in [0.1, 0.15) is 58.2 Å². The van der Waals surface area contributed by atoms with Crippen molar-refractivity contribution in [3.05, 3.63) is 71.4 Å². The molecular formula is C31H38N2O4SSi. The Morgan fingerprint density at radius 2 is 1.59 bits per heavy atom. The summed E-state index contributed by atoms with van der Waals surface area (Å²) >= 11 is 0. The van der Waals surface area contributed by atoms with Gasteiger partial charge in [-0.2, -0.15) is 5.26 Å². The molecule has 0 amide bonds. The maximum Gasteiger partial charge on any atom is 0.274 e. The summed E-state index contributed by atoms with van der Waals surface area (Å²) in [6.45, 7) is 17.3. The highest BCUT2D eigenvalue weighted by molar-refractivity contribution is 7.90. The van der Waals surface area contributed by atoms with Gasteiger partial charge in [-0.25, -0.2) is 12.4 Å². The van der Waals surface area contributed by atoms with Crippen LogP contribution in [0.15, 0.2) is 64.0 Å². The molecule has 8 heteroatoms. The predicted molar refractivity (Wildman–Crippen MR) is 159 cm³/mol. The molecular weight excluding hydrogens is 525 g/mol. The molecule has 0 aliphatic heterocycles. The van der Waals surface area contributed by atoms with Gasteiger partial charge >= 0.3 is 0 Å². The van der Waals surface area contributed by atoms with E-state index in [9.17, 15) is 13.7 Å². The Labute approximate surface area is 233 Å². The summed E-state index contributed by atoms with van der Waals surface area (Å²) in [5.41, 5.74) is 4.90. The van der Waals surface area contributed by atoms with E-state index in [-0.39, 0.29) is 11.3 Å². The zero-order valence-electron chi connectivity index (χ0n) is 24.1. The van der Waals surface area contributed by atoms with Crippen molar-refractivity contribution >= 4 is 29.2 Å². The minimum Gasteiger partial charge on any atom is -0.518 e. The Kier molecular flexibility index (Phi) is 7.88. The highest BCUT2D eigenvalue weighted by Crippen LogP contribution is 2.45. The zero-order chi connectivity index (χ0) is 28.7. The maximum atomic E-state index is 13.7. The van der Waals surface area contributed by atoms with Crippen molar-refractivity contribution in [1.29, 1.82) is 5.26 Å². The number of hydrogen-bond donors (Lipinski definition) is 0. The van der Waals surface area contributed by atoms with Crippen molar-refractivity contribution in [3.63, 3.8) is 0 Å². The summed E-state index contributed by atoms with van der Waals surface area (Å²) in [4.78, 5) is 0.195. The van der Waals surface area contributed by atoms with Crippen LogP contribution in [0.3, 0.4) is 0 Å². The van der Waals surface area contributed by atoms with Crippen LogP contribution in [0.5, 0.6) is 5.95 Å². The van der Waals surface area contributed by atoms with Gasteiger partial charge in [-0.1, -0.05) is 71.4 Å². The number of aryl methyl sites for hydroxylation is 2. The molecule has 0 aliphatic rings. The number of aromatic nitrogens is 1. The second-order valence-corrected chi connectivity index (χ2v) is 18.5. The number of benzene rings is 2. The Morgan fingerprint density at radius 1 is 0.974 bits per heavy atom. The lowest BCUT2D eigenvalue weighted by Crippen LogP contribution is -2.50. The third kappa shape index (κ3) is 4.94. The fraction of sp³-hybridized carbons (Fsp3) is 0.387. The van der Waals surface area contributed by atoms with Crippen LogP contribution in [0, 0.1) is 25.2 Å². The van der Waals surface area contributed by atoms with Gasteiger partial charge in [-0.05, 0) is 60.3 Å². The van der Waals surface area contributed by atoms with Gasteiger partial charge in [0.25, 0.3) is 24.3 Å². The van der Waals surface area contributed by atoms with E-state index in [2.05, 4.69) is 47.6 Å². The topological polar surface area (TPSA) is 85.2 Å². The summed E-state index contributed by atoms with van der Waals surface area (Å²) in [6.07, 6.45) is 1.63. The molecule has 0 radical (unpaired) electrons. The molecule has 0 atom stereocenters. The highest BCUT2D eigenvalue weighted by Gasteiger charge is 2.48. The fourth-order valence-corrected chi connectivity index (χ4v) is 12.6. The quantitative estimate of drug-likeness (QED) is 0.191. The normalized spacial score (nSPS) is 12.6. The van der Waals surface area contributed by atoms with Crippen molar-refractivity contribution in [2.45, 2.75) is 83.3 Å². The van der Waals surface area contributed by atoms with Crippen molar-refractivity contribution in [3.8, 4) is 23.3 Å². The largest absolute Gasteiger partial charge is 0.518 e. The zero-order valence-corrected chi connectivity index (χ0v) is 25.9. The van der Waals surface area contributed by atoms with Crippen LogP contribution < -0.4 is 4.43 Å². The van der Waals surface area contributed by atoms with Gasteiger partial charge < -0.3 is 8.84 Å². The molecule has 0 fully saturated rings. The van der Waals surface area contributed by atoms with Crippen molar-refractivity contribution in [1.82, 2.24) is 3.97 Å². The van der Waals surface area contributed by atoms with E-state index in [0.717, 1.165) is 16.7 Å². The van der Waals surface area contributed by atoms with Crippen LogP contribution in [-0.4, -0.2) is 20.7 Å². The summed E-state index contributed by atoms with van der Waals surface area (Å²) in [6, 6.07) is 16.4. The monoisotopic (exact) mass is 562 g/mol. The number of nitriles is 1. The molecule has 6 nitrogen and oxygen atoms in total. The SMILES string of the molecule is Cc1ccc(S(=O)(=O)n2cc(CC#N)c3c(-c4cc(C)c(O[Si](C(C)C)(C(C)C)C(C)C)o4)cccc32)cc1. The van der Waals surface area contributed by atoms with Gasteiger partial charge in [0.1, 0.15) is 5.76 Å². The summed E-state index contributed by atoms with van der Waals surface area (Å²) in [5.74, 6) is 1.12. The molecule has 39 heavy (non-hydrogen) atoms. The Bertz CT molecular complexity index is 1620. The van der Waals surface area contributed by atoms with Crippen LogP contribution in [-0.2, 0) is 16.4 Å². The molecule has 2 aromatic carbocycles. The Hall–Kier alpha value is -3.28. The van der Waals surface area contributed by atoms with Crippen molar-refractivity contribution in [2.24, 2.45) is 0 Å². The van der Waals surface area contributed by atoms with E-state index < -0.39 is 18.3 Å². The lowest BCUT2D eigenvalue weighted by atomic mass is 10.0. The van der Waals surface area contributed by atoms with Gasteiger partial charge in [0.2, 0.25) is 0 Å². The molecule has 4 aromatic rings. The van der Waals surface area contributed by atoms with Gasteiger partial charge in [0, 0.05) is 22.7 Å². The number of rotatable bonds is 9. The average molecular weight is 563 g/mol. The van der Waals surface area contributed by atoms with Crippen LogP contribution >= 0.6 is 0 Å². The average Bonchev–Trinajstić information content (AvgIpc) is 3.43. The number of furan rings is 1. The van der Waals surface area contributed by atoms with Gasteiger partial charge in [-0.15, -0.1) is 0 Å². The first-order valence-electron chi connectivity index (χ1n) is 13.5. The number of nitrogens with zero attached hydrogens (tertiary/aromatic N) is 2. The molecule has 0 saturated carbocycles. The lowest BCUT2D eigenvalue weighted by molar-refractivity contribution is 0.361. The summed E-state index contributed by atoms with van der Waals surface area (Å²) in [7, 11) is -6.12. The summed E-state index contributed by atoms with van der Waals surface area (Å²) in [5, 5.41) is 10.3. The molecule has 0 spiro atoms. The van der Waals surface area contributed by atoms with Crippen molar-refractivity contribution < 1.29 is 17.3 Å². The Balaban J connectivity index is 1.89. The van der Waals surface area contributed by atoms with E-state index in [1.165, 1.54) is 3.97 Å². The van der Waals surface area contributed by atoms with E-state index in [1.807, 2.05) is 32.0 Å². The fourth-order valence-electron chi connectivity index (χ4n) is 6.00. The highest BCUT2D eigenvalue weighted by atomic mass is 32.2. The first-order chi connectivity index (χ1) is 18.3. The smallest absolute Gasteiger partial charge is 0.274 e. The second-order valence-electron chi connectivity index (χ2n) is 11.3. The van der Waals surface area contributed by atoms with Crippen LogP contribution in [0.25, 0.3) is 22.2 Å².